The largest absolute Gasteiger partial charge is 0.478 e. The number of carbonyl (C=O) groups is 2. The van der Waals surface area contributed by atoms with E-state index in [2.05, 4.69) is 15.4 Å². The molecule has 0 aliphatic carbocycles. The fourth-order valence-corrected chi connectivity index (χ4v) is 1.68. The number of aromatic carboxylic acids is 1. The lowest BCUT2D eigenvalue weighted by atomic mass is 10.1. The lowest BCUT2D eigenvalue weighted by molar-refractivity contribution is -0.121. The SMILES string of the molecule is O=C(Cn1cncn1)NCCc1ccc(C(=O)O)cc1. The quantitative estimate of drug-likeness (QED) is 0.791. The topological polar surface area (TPSA) is 97.1 Å². The number of nitrogens with one attached hydrogen (secondary N) is 1. The van der Waals surface area contributed by atoms with Gasteiger partial charge in [0.15, 0.2) is 0 Å². The van der Waals surface area contributed by atoms with Gasteiger partial charge in [-0.25, -0.2) is 14.5 Å². The maximum Gasteiger partial charge on any atom is 0.335 e. The molecule has 7 nitrogen and oxygen atoms in total. The summed E-state index contributed by atoms with van der Waals surface area (Å²) in [7, 11) is 0. The van der Waals surface area contributed by atoms with Gasteiger partial charge in [-0.2, -0.15) is 5.10 Å². The minimum absolute atomic E-state index is 0.137. The Morgan fingerprint density at radius 1 is 1.25 bits per heavy atom. The van der Waals surface area contributed by atoms with Crippen LogP contribution in [0.3, 0.4) is 0 Å². The van der Waals surface area contributed by atoms with Gasteiger partial charge in [0.1, 0.15) is 19.2 Å². The monoisotopic (exact) mass is 274 g/mol. The Kier molecular flexibility index (Phi) is 4.43. The summed E-state index contributed by atoms with van der Waals surface area (Å²) < 4.78 is 1.44. The normalized spacial score (nSPS) is 10.2. The second kappa shape index (κ2) is 6.46. The zero-order valence-electron chi connectivity index (χ0n) is 10.7. The van der Waals surface area contributed by atoms with E-state index in [4.69, 9.17) is 5.11 Å². The Balaban J connectivity index is 1.75. The van der Waals surface area contributed by atoms with E-state index in [0.717, 1.165) is 5.56 Å². The van der Waals surface area contributed by atoms with Crippen LogP contribution in [0.1, 0.15) is 15.9 Å². The third-order valence-electron chi connectivity index (χ3n) is 2.71. The van der Waals surface area contributed by atoms with Crippen molar-refractivity contribution in [1.29, 1.82) is 0 Å². The lowest BCUT2D eigenvalue weighted by Gasteiger charge is -2.05. The Morgan fingerprint density at radius 2 is 2.00 bits per heavy atom. The zero-order valence-corrected chi connectivity index (χ0v) is 10.7. The van der Waals surface area contributed by atoms with Gasteiger partial charge in [0, 0.05) is 6.54 Å². The van der Waals surface area contributed by atoms with Gasteiger partial charge in [0.25, 0.3) is 0 Å². The van der Waals surface area contributed by atoms with Gasteiger partial charge < -0.3 is 10.4 Å². The number of hydrogen-bond acceptors (Lipinski definition) is 4. The summed E-state index contributed by atoms with van der Waals surface area (Å²) in [6.07, 6.45) is 3.49. The first kappa shape index (κ1) is 13.7. The summed E-state index contributed by atoms with van der Waals surface area (Å²) in [6.45, 7) is 0.623. The van der Waals surface area contributed by atoms with Crippen LogP contribution < -0.4 is 5.32 Å². The summed E-state index contributed by atoms with van der Waals surface area (Å²) in [6, 6.07) is 6.59. The van der Waals surface area contributed by atoms with Crippen molar-refractivity contribution < 1.29 is 14.7 Å². The summed E-state index contributed by atoms with van der Waals surface area (Å²) in [4.78, 5) is 26.0. The highest BCUT2D eigenvalue weighted by Crippen LogP contribution is 2.04. The van der Waals surface area contributed by atoms with Crippen molar-refractivity contribution in [1.82, 2.24) is 20.1 Å². The van der Waals surface area contributed by atoms with E-state index < -0.39 is 5.97 Å². The van der Waals surface area contributed by atoms with Crippen LogP contribution in [0.5, 0.6) is 0 Å². The maximum absolute atomic E-state index is 11.6. The first-order valence-corrected chi connectivity index (χ1v) is 6.06. The second-order valence-corrected chi connectivity index (χ2v) is 4.20. The molecule has 0 aliphatic heterocycles. The molecule has 0 aliphatic rings. The molecule has 1 amide bonds. The highest BCUT2D eigenvalue weighted by atomic mass is 16.4. The molecule has 0 saturated heterocycles. The van der Waals surface area contributed by atoms with Crippen LogP contribution in [-0.4, -0.2) is 38.3 Å². The van der Waals surface area contributed by atoms with Gasteiger partial charge in [-0.3, -0.25) is 4.79 Å². The fraction of sp³-hybridized carbons (Fsp3) is 0.231. The molecule has 104 valence electrons. The fourth-order valence-electron chi connectivity index (χ4n) is 1.68. The average Bonchev–Trinajstić information content (AvgIpc) is 2.92. The van der Waals surface area contributed by atoms with Crippen molar-refractivity contribution in [3.63, 3.8) is 0 Å². The van der Waals surface area contributed by atoms with Crippen LogP contribution in [0.4, 0.5) is 0 Å². The van der Waals surface area contributed by atoms with E-state index in [0.29, 0.717) is 13.0 Å². The van der Waals surface area contributed by atoms with Gasteiger partial charge in [0.2, 0.25) is 5.91 Å². The minimum Gasteiger partial charge on any atom is -0.478 e. The molecule has 1 heterocycles. The molecule has 1 aromatic heterocycles. The van der Waals surface area contributed by atoms with E-state index in [1.165, 1.54) is 17.3 Å². The Labute approximate surface area is 115 Å². The zero-order chi connectivity index (χ0) is 14.4. The van der Waals surface area contributed by atoms with Crippen LogP contribution in [0.15, 0.2) is 36.9 Å². The molecular weight excluding hydrogens is 260 g/mol. The van der Waals surface area contributed by atoms with Crippen LogP contribution in [-0.2, 0) is 17.8 Å². The minimum atomic E-state index is -0.947. The third-order valence-corrected chi connectivity index (χ3v) is 2.71. The summed E-state index contributed by atoms with van der Waals surface area (Å²) in [5.74, 6) is -1.09. The van der Waals surface area contributed by atoms with Gasteiger partial charge in [-0.15, -0.1) is 0 Å². The first-order valence-electron chi connectivity index (χ1n) is 6.06. The molecule has 0 bridgehead atoms. The van der Waals surface area contributed by atoms with E-state index >= 15 is 0 Å². The van der Waals surface area contributed by atoms with Gasteiger partial charge in [-0.05, 0) is 24.1 Å². The Bertz CT molecular complexity index is 578. The molecule has 0 atom stereocenters. The number of aromatic nitrogens is 3. The number of carboxylic acids is 1. The van der Waals surface area contributed by atoms with E-state index in [1.807, 2.05) is 0 Å². The van der Waals surface area contributed by atoms with Crippen molar-refractivity contribution in [3.05, 3.63) is 48.0 Å². The summed E-state index contributed by atoms with van der Waals surface area (Å²) >= 11 is 0. The first-order chi connectivity index (χ1) is 9.65. The van der Waals surface area contributed by atoms with E-state index in [9.17, 15) is 9.59 Å². The third kappa shape index (κ3) is 3.91. The van der Waals surface area contributed by atoms with Crippen LogP contribution in [0.2, 0.25) is 0 Å². The molecule has 0 radical (unpaired) electrons. The number of carbonyl (C=O) groups excluding carboxylic acids is 1. The summed E-state index contributed by atoms with van der Waals surface area (Å²) in [5, 5.41) is 15.4. The molecule has 0 fully saturated rings. The van der Waals surface area contributed by atoms with Gasteiger partial charge in [-0.1, -0.05) is 12.1 Å². The molecular formula is C13H14N4O3. The highest BCUT2D eigenvalue weighted by Gasteiger charge is 2.04. The summed E-state index contributed by atoms with van der Waals surface area (Å²) in [5.41, 5.74) is 1.22. The number of amides is 1. The maximum atomic E-state index is 11.6. The number of benzene rings is 1. The highest BCUT2D eigenvalue weighted by molar-refractivity contribution is 5.87. The lowest BCUT2D eigenvalue weighted by Crippen LogP contribution is -2.29. The molecule has 1 aromatic carbocycles. The molecule has 0 saturated carbocycles. The van der Waals surface area contributed by atoms with Crippen LogP contribution >= 0.6 is 0 Å². The van der Waals surface area contributed by atoms with Crippen LogP contribution in [0.25, 0.3) is 0 Å². The number of rotatable bonds is 6. The Morgan fingerprint density at radius 3 is 2.60 bits per heavy atom. The standard InChI is InChI=1S/C13H14N4O3/c18-12(7-17-9-14-8-16-17)15-6-5-10-1-3-11(4-2-10)13(19)20/h1-4,8-9H,5-7H2,(H,15,18)(H,19,20). The van der Waals surface area contributed by atoms with Crippen molar-refractivity contribution in [2.75, 3.05) is 6.54 Å². The van der Waals surface area contributed by atoms with Crippen molar-refractivity contribution >= 4 is 11.9 Å². The van der Waals surface area contributed by atoms with Crippen molar-refractivity contribution in [2.24, 2.45) is 0 Å². The average molecular weight is 274 g/mol. The molecule has 20 heavy (non-hydrogen) atoms. The number of carboxylic acid groups (broad SMARTS) is 1. The molecule has 0 unspecified atom stereocenters. The number of hydrogen-bond donors (Lipinski definition) is 2. The Hall–Kier alpha value is -2.70. The molecule has 7 heteroatoms. The van der Waals surface area contributed by atoms with Gasteiger partial charge in [0.05, 0.1) is 5.56 Å². The van der Waals surface area contributed by atoms with Crippen molar-refractivity contribution in [2.45, 2.75) is 13.0 Å². The predicted octanol–water partition coefficient (Wildman–Crippen LogP) is 0.335. The van der Waals surface area contributed by atoms with Gasteiger partial charge >= 0.3 is 5.97 Å². The molecule has 2 aromatic rings. The molecule has 0 spiro atoms. The van der Waals surface area contributed by atoms with E-state index in [-0.39, 0.29) is 18.0 Å². The van der Waals surface area contributed by atoms with E-state index in [1.54, 1.807) is 24.3 Å². The predicted molar refractivity (Wildman–Crippen MR) is 70.1 cm³/mol. The number of nitrogens with zero attached hydrogens (tertiary/aromatic N) is 3. The smallest absolute Gasteiger partial charge is 0.335 e. The second-order valence-electron chi connectivity index (χ2n) is 4.20. The molecule has 2 rings (SSSR count). The van der Waals surface area contributed by atoms with Crippen LogP contribution in [0, 0.1) is 0 Å². The molecule has 2 N–H and O–H groups in total. The van der Waals surface area contributed by atoms with Crippen molar-refractivity contribution in [3.8, 4) is 0 Å².